The Morgan fingerprint density at radius 3 is 2.54 bits per heavy atom. The normalized spacial score (nSPS) is 11.1. The first-order valence-electron chi connectivity index (χ1n) is 7.41. The highest BCUT2D eigenvalue weighted by Crippen LogP contribution is 2.25. The SMILES string of the molecule is CCc1nccn1-c1cc(C(=O)OC(=O)C(F)(F)F)ccc1NC(C)=O. The molecule has 1 heterocycles. The fraction of sp³-hybridized carbons (Fsp3) is 0.250. The zero-order valence-corrected chi connectivity index (χ0v) is 13.8. The van der Waals surface area contributed by atoms with Crippen LogP contribution in [0, 0.1) is 0 Å². The molecule has 0 bridgehead atoms. The Hall–Kier alpha value is -3.17. The summed E-state index contributed by atoms with van der Waals surface area (Å²) in [7, 11) is 0. The topological polar surface area (TPSA) is 90.3 Å². The van der Waals surface area contributed by atoms with Gasteiger partial charge in [0.25, 0.3) is 0 Å². The summed E-state index contributed by atoms with van der Waals surface area (Å²) >= 11 is 0. The third-order valence-electron chi connectivity index (χ3n) is 3.25. The molecule has 0 radical (unpaired) electrons. The molecule has 1 aromatic heterocycles. The van der Waals surface area contributed by atoms with Crippen molar-refractivity contribution in [3.63, 3.8) is 0 Å². The van der Waals surface area contributed by atoms with Crippen molar-refractivity contribution in [2.75, 3.05) is 5.32 Å². The number of alkyl halides is 3. The summed E-state index contributed by atoms with van der Waals surface area (Å²) < 4.78 is 42.1. The highest BCUT2D eigenvalue weighted by Gasteiger charge is 2.42. The van der Waals surface area contributed by atoms with Gasteiger partial charge in [-0.05, 0) is 18.2 Å². The predicted molar refractivity (Wildman–Crippen MR) is 83.7 cm³/mol. The van der Waals surface area contributed by atoms with E-state index < -0.39 is 18.1 Å². The van der Waals surface area contributed by atoms with Crippen molar-refractivity contribution in [2.45, 2.75) is 26.4 Å². The maximum Gasteiger partial charge on any atom is 0.491 e. The van der Waals surface area contributed by atoms with Gasteiger partial charge in [0.2, 0.25) is 5.91 Å². The molecule has 1 aromatic carbocycles. The summed E-state index contributed by atoms with van der Waals surface area (Å²) in [6, 6.07) is 3.67. The number of hydrogen-bond donors (Lipinski definition) is 1. The largest absolute Gasteiger partial charge is 0.491 e. The van der Waals surface area contributed by atoms with E-state index in [2.05, 4.69) is 15.0 Å². The molecule has 1 amide bonds. The lowest BCUT2D eigenvalue weighted by atomic mass is 10.1. The number of nitrogens with one attached hydrogen (secondary N) is 1. The van der Waals surface area contributed by atoms with Gasteiger partial charge in [0.1, 0.15) is 5.82 Å². The van der Waals surface area contributed by atoms with Crippen LogP contribution < -0.4 is 5.32 Å². The van der Waals surface area contributed by atoms with E-state index >= 15 is 0 Å². The van der Waals surface area contributed by atoms with E-state index in [1.807, 2.05) is 6.92 Å². The minimum absolute atomic E-state index is 0.289. The molecule has 0 unspecified atom stereocenters. The lowest BCUT2D eigenvalue weighted by Gasteiger charge is -2.14. The third kappa shape index (κ3) is 4.26. The molecule has 0 aliphatic carbocycles. The van der Waals surface area contributed by atoms with Crippen molar-refractivity contribution in [2.24, 2.45) is 0 Å². The lowest BCUT2D eigenvalue weighted by Crippen LogP contribution is -2.28. The molecule has 138 valence electrons. The van der Waals surface area contributed by atoms with Gasteiger partial charge >= 0.3 is 18.1 Å². The van der Waals surface area contributed by atoms with Gasteiger partial charge in [0, 0.05) is 25.7 Å². The van der Waals surface area contributed by atoms with Crippen LogP contribution in [0.1, 0.15) is 30.0 Å². The second kappa shape index (κ2) is 7.38. The number of anilines is 1. The minimum Gasteiger partial charge on any atom is -0.383 e. The molecule has 0 saturated heterocycles. The number of aryl methyl sites for hydroxylation is 1. The van der Waals surface area contributed by atoms with Crippen LogP contribution >= 0.6 is 0 Å². The Bertz CT molecular complexity index is 859. The van der Waals surface area contributed by atoms with Gasteiger partial charge in [-0.2, -0.15) is 13.2 Å². The van der Waals surface area contributed by atoms with Gasteiger partial charge in [-0.3, -0.25) is 4.79 Å². The second-order valence-corrected chi connectivity index (χ2v) is 5.15. The molecule has 0 aliphatic heterocycles. The van der Waals surface area contributed by atoms with Gasteiger partial charge in [0.15, 0.2) is 0 Å². The Morgan fingerprint density at radius 2 is 1.96 bits per heavy atom. The lowest BCUT2D eigenvalue weighted by molar-refractivity contribution is -0.193. The fourth-order valence-corrected chi connectivity index (χ4v) is 2.17. The molecule has 2 rings (SSSR count). The number of benzene rings is 1. The summed E-state index contributed by atoms with van der Waals surface area (Å²) in [6.07, 6.45) is -1.70. The molecule has 2 aromatic rings. The average Bonchev–Trinajstić information content (AvgIpc) is 3.02. The second-order valence-electron chi connectivity index (χ2n) is 5.15. The minimum atomic E-state index is -5.28. The van der Waals surface area contributed by atoms with Crippen LogP contribution in [0.25, 0.3) is 5.69 Å². The molecular weight excluding hydrogens is 355 g/mol. The van der Waals surface area contributed by atoms with Gasteiger partial charge in [-0.15, -0.1) is 0 Å². The standard InChI is InChI=1S/C16H14F3N3O4/c1-3-13-20-6-7-22(13)12-8-10(4-5-11(12)21-9(2)23)14(24)26-15(25)16(17,18)19/h4-8H,3H2,1-2H3,(H,21,23). The Kier molecular flexibility index (Phi) is 5.44. The quantitative estimate of drug-likeness (QED) is 0.661. The zero-order valence-electron chi connectivity index (χ0n) is 13.8. The maximum atomic E-state index is 12.2. The van der Waals surface area contributed by atoms with Crippen molar-refractivity contribution in [3.8, 4) is 5.69 Å². The summed E-state index contributed by atoms with van der Waals surface area (Å²) in [6.45, 7) is 3.11. The maximum absolute atomic E-state index is 12.2. The molecule has 0 spiro atoms. The number of hydrogen-bond acceptors (Lipinski definition) is 5. The number of carbonyl (C=O) groups is 3. The summed E-state index contributed by atoms with van der Waals surface area (Å²) in [4.78, 5) is 38.2. The van der Waals surface area contributed by atoms with E-state index in [0.717, 1.165) is 6.07 Å². The highest BCUT2D eigenvalue weighted by atomic mass is 19.4. The average molecular weight is 369 g/mol. The van der Waals surface area contributed by atoms with E-state index in [4.69, 9.17) is 0 Å². The number of rotatable bonds is 4. The number of nitrogens with zero attached hydrogens (tertiary/aromatic N) is 2. The van der Waals surface area contributed by atoms with Gasteiger partial charge in [0.05, 0.1) is 16.9 Å². The number of carbonyl (C=O) groups excluding carboxylic acids is 3. The van der Waals surface area contributed by atoms with Crippen molar-refractivity contribution < 1.29 is 32.3 Å². The smallest absolute Gasteiger partial charge is 0.383 e. The Balaban J connectivity index is 2.45. The molecule has 0 atom stereocenters. The van der Waals surface area contributed by atoms with Crippen LogP contribution in [0.2, 0.25) is 0 Å². The van der Waals surface area contributed by atoms with Crippen molar-refractivity contribution in [3.05, 3.63) is 42.0 Å². The van der Waals surface area contributed by atoms with Gasteiger partial charge in [-0.1, -0.05) is 6.92 Å². The van der Waals surface area contributed by atoms with E-state index in [9.17, 15) is 27.6 Å². The van der Waals surface area contributed by atoms with Crippen LogP contribution in [0.15, 0.2) is 30.6 Å². The van der Waals surface area contributed by atoms with Crippen LogP contribution in [0.3, 0.4) is 0 Å². The highest BCUT2D eigenvalue weighted by molar-refractivity contribution is 6.00. The van der Waals surface area contributed by atoms with Crippen LogP contribution in [0.5, 0.6) is 0 Å². The molecular formula is C16H14F3N3O4. The van der Waals surface area contributed by atoms with E-state index in [0.29, 0.717) is 23.6 Å². The zero-order chi connectivity index (χ0) is 19.5. The van der Waals surface area contributed by atoms with Crippen LogP contribution in [-0.4, -0.2) is 33.6 Å². The monoisotopic (exact) mass is 369 g/mol. The molecule has 1 N–H and O–H groups in total. The summed E-state index contributed by atoms with van der Waals surface area (Å²) in [5, 5.41) is 2.56. The summed E-state index contributed by atoms with van der Waals surface area (Å²) in [5.41, 5.74) is 0.315. The fourth-order valence-electron chi connectivity index (χ4n) is 2.17. The first kappa shape index (κ1) is 19.2. The third-order valence-corrected chi connectivity index (χ3v) is 3.25. The van der Waals surface area contributed by atoms with Gasteiger partial charge in [-0.25, -0.2) is 14.6 Å². The first-order chi connectivity index (χ1) is 12.1. The number of aromatic nitrogens is 2. The first-order valence-corrected chi connectivity index (χ1v) is 7.41. The van der Waals surface area contributed by atoms with Crippen molar-refractivity contribution >= 4 is 23.5 Å². The predicted octanol–water partition coefficient (Wildman–Crippen LogP) is 2.64. The van der Waals surface area contributed by atoms with E-state index in [1.54, 1.807) is 10.8 Å². The van der Waals surface area contributed by atoms with Crippen LogP contribution in [0.4, 0.5) is 18.9 Å². The molecule has 0 fully saturated rings. The molecule has 0 aliphatic rings. The number of esters is 2. The van der Waals surface area contributed by atoms with Gasteiger partial charge < -0.3 is 14.6 Å². The van der Waals surface area contributed by atoms with Crippen LogP contribution in [-0.2, 0) is 20.7 Å². The molecule has 7 nitrogen and oxygen atoms in total. The Labute approximate surface area is 145 Å². The molecule has 26 heavy (non-hydrogen) atoms. The molecule has 10 heteroatoms. The van der Waals surface area contributed by atoms with E-state index in [1.165, 1.54) is 25.3 Å². The number of halogens is 3. The van der Waals surface area contributed by atoms with Crippen molar-refractivity contribution in [1.82, 2.24) is 9.55 Å². The number of amides is 1. The van der Waals surface area contributed by atoms with Crippen molar-refractivity contribution in [1.29, 1.82) is 0 Å². The molecule has 0 saturated carbocycles. The Morgan fingerprint density at radius 1 is 1.27 bits per heavy atom. The van der Waals surface area contributed by atoms with E-state index in [-0.39, 0.29) is 11.5 Å². The number of imidazole rings is 1. The number of ether oxygens (including phenoxy) is 1. The summed E-state index contributed by atoms with van der Waals surface area (Å²) in [5.74, 6) is -3.85.